The molecule has 5 nitrogen and oxygen atoms in total. The van der Waals surface area contributed by atoms with E-state index in [1.54, 1.807) is 30.3 Å². The minimum atomic E-state index is -0.303. The molecular formula is C17H14N2O3. The molecule has 0 bridgehead atoms. The summed E-state index contributed by atoms with van der Waals surface area (Å²) >= 11 is 0. The lowest BCUT2D eigenvalue weighted by Gasteiger charge is -2.14. The van der Waals surface area contributed by atoms with Gasteiger partial charge in [-0.3, -0.25) is 9.59 Å². The Labute approximate surface area is 126 Å². The number of carbonyl (C=O) groups excluding carboxylic acids is 1. The van der Waals surface area contributed by atoms with E-state index in [1.807, 2.05) is 23.7 Å². The normalized spacial score (nSPS) is 10.6. The number of nitrogens with zero attached hydrogens (tertiary/aromatic N) is 2. The molecule has 0 aliphatic heterocycles. The molecule has 110 valence electrons. The molecule has 3 aromatic rings. The van der Waals surface area contributed by atoms with E-state index in [0.717, 1.165) is 11.8 Å². The average molecular weight is 294 g/mol. The highest BCUT2D eigenvalue weighted by atomic mass is 16.5. The molecule has 0 atom stereocenters. The molecule has 0 unspecified atom stereocenters. The molecule has 0 amide bonds. The number of ether oxygens (including phenoxy) is 1. The molecule has 0 aliphatic carbocycles. The Morgan fingerprint density at radius 1 is 1.14 bits per heavy atom. The Morgan fingerprint density at radius 3 is 2.64 bits per heavy atom. The van der Waals surface area contributed by atoms with Crippen LogP contribution >= 0.6 is 0 Å². The van der Waals surface area contributed by atoms with Crippen molar-refractivity contribution in [3.8, 4) is 17.1 Å². The Kier molecular flexibility index (Phi) is 3.47. The molecule has 1 aromatic heterocycles. The molecule has 5 heteroatoms. The highest BCUT2D eigenvalue weighted by Crippen LogP contribution is 2.31. The van der Waals surface area contributed by atoms with Crippen LogP contribution in [0.5, 0.6) is 5.75 Å². The molecule has 0 saturated heterocycles. The highest BCUT2D eigenvalue weighted by molar-refractivity contribution is 5.86. The molecule has 2 aromatic carbocycles. The van der Waals surface area contributed by atoms with Crippen LogP contribution < -0.4 is 10.3 Å². The SMILES string of the molecule is COc1c(C=O)cccc1-c1nc(=O)c2ccccc2n1C. The van der Waals surface area contributed by atoms with E-state index >= 15 is 0 Å². The molecular weight excluding hydrogens is 280 g/mol. The second-order valence-electron chi connectivity index (χ2n) is 4.86. The lowest BCUT2D eigenvalue weighted by molar-refractivity contribution is 0.112. The zero-order valence-corrected chi connectivity index (χ0v) is 12.2. The van der Waals surface area contributed by atoms with Gasteiger partial charge in [-0.15, -0.1) is 0 Å². The van der Waals surface area contributed by atoms with E-state index in [0.29, 0.717) is 28.1 Å². The minimum Gasteiger partial charge on any atom is -0.495 e. The first kappa shape index (κ1) is 14.0. The molecule has 0 saturated carbocycles. The van der Waals surface area contributed by atoms with E-state index in [4.69, 9.17) is 4.74 Å². The van der Waals surface area contributed by atoms with Crippen molar-refractivity contribution in [2.75, 3.05) is 7.11 Å². The number of methoxy groups -OCH3 is 1. The summed E-state index contributed by atoms with van der Waals surface area (Å²) in [7, 11) is 3.32. The summed E-state index contributed by atoms with van der Waals surface area (Å²) < 4.78 is 7.16. The van der Waals surface area contributed by atoms with Crippen molar-refractivity contribution in [2.24, 2.45) is 7.05 Å². The highest BCUT2D eigenvalue weighted by Gasteiger charge is 2.16. The van der Waals surface area contributed by atoms with E-state index in [1.165, 1.54) is 7.11 Å². The number of carbonyl (C=O) groups is 1. The third kappa shape index (κ3) is 2.07. The smallest absolute Gasteiger partial charge is 0.281 e. The van der Waals surface area contributed by atoms with Gasteiger partial charge < -0.3 is 9.30 Å². The maximum atomic E-state index is 12.2. The number of benzene rings is 2. The standard InChI is InChI=1S/C17H14N2O3/c1-19-14-9-4-3-7-12(14)17(21)18-16(19)13-8-5-6-11(10-20)15(13)22-2/h3-10H,1-2H3. The van der Waals surface area contributed by atoms with Gasteiger partial charge in [0.1, 0.15) is 11.6 Å². The van der Waals surface area contributed by atoms with Crippen molar-refractivity contribution in [1.29, 1.82) is 0 Å². The molecule has 0 N–H and O–H groups in total. The fourth-order valence-corrected chi connectivity index (χ4v) is 2.58. The molecule has 3 rings (SSSR count). The summed E-state index contributed by atoms with van der Waals surface area (Å²) in [4.78, 5) is 27.6. The zero-order chi connectivity index (χ0) is 15.7. The Bertz CT molecular complexity index is 929. The van der Waals surface area contributed by atoms with Gasteiger partial charge in [-0.05, 0) is 24.3 Å². The molecule has 0 spiro atoms. The van der Waals surface area contributed by atoms with Crippen LogP contribution in [-0.2, 0) is 7.05 Å². The number of aromatic nitrogens is 2. The van der Waals surface area contributed by atoms with Gasteiger partial charge >= 0.3 is 0 Å². The summed E-state index contributed by atoms with van der Waals surface area (Å²) in [5.41, 5.74) is 1.50. The second kappa shape index (κ2) is 5.44. The van der Waals surface area contributed by atoms with Crippen molar-refractivity contribution < 1.29 is 9.53 Å². The molecule has 0 aliphatic rings. The maximum absolute atomic E-state index is 12.2. The van der Waals surface area contributed by atoms with Gasteiger partial charge in [0.05, 0.1) is 29.1 Å². The van der Waals surface area contributed by atoms with E-state index in [9.17, 15) is 9.59 Å². The number of fused-ring (bicyclic) bond motifs is 1. The van der Waals surface area contributed by atoms with Crippen molar-refractivity contribution in [3.05, 3.63) is 58.4 Å². The van der Waals surface area contributed by atoms with Crippen molar-refractivity contribution >= 4 is 17.2 Å². The first-order valence-corrected chi connectivity index (χ1v) is 6.75. The molecule has 0 fully saturated rings. The quantitative estimate of drug-likeness (QED) is 0.696. The summed E-state index contributed by atoms with van der Waals surface area (Å²) in [5, 5.41) is 0.555. The predicted molar refractivity (Wildman–Crippen MR) is 84.4 cm³/mol. The third-order valence-electron chi connectivity index (χ3n) is 3.64. The Hall–Kier alpha value is -2.95. The van der Waals surface area contributed by atoms with Crippen LogP contribution in [0.3, 0.4) is 0 Å². The lowest BCUT2D eigenvalue weighted by Crippen LogP contribution is -2.15. The van der Waals surface area contributed by atoms with Crippen LogP contribution in [0, 0.1) is 0 Å². The van der Waals surface area contributed by atoms with Crippen molar-refractivity contribution in [2.45, 2.75) is 0 Å². The second-order valence-corrected chi connectivity index (χ2v) is 4.86. The van der Waals surface area contributed by atoms with Crippen molar-refractivity contribution in [1.82, 2.24) is 9.55 Å². The van der Waals surface area contributed by atoms with Gasteiger partial charge in [-0.1, -0.05) is 18.2 Å². The molecule has 1 heterocycles. The number of aldehydes is 1. The van der Waals surface area contributed by atoms with Gasteiger partial charge in [0.2, 0.25) is 0 Å². The number of rotatable bonds is 3. The largest absolute Gasteiger partial charge is 0.495 e. The monoisotopic (exact) mass is 294 g/mol. The van der Waals surface area contributed by atoms with Crippen LogP contribution in [0.2, 0.25) is 0 Å². The van der Waals surface area contributed by atoms with E-state index in [2.05, 4.69) is 4.98 Å². The number of hydrogen-bond donors (Lipinski definition) is 0. The van der Waals surface area contributed by atoms with Crippen LogP contribution in [0.1, 0.15) is 10.4 Å². The van der Waals surface area contributed by atoms with Crippen LogP contribution in [0.4, 0.5) is 0 Å². The number of hydrogen-bond acceptors (Lipinski definition) is 4. The summed E-state index contributed by atoms with van der Waals surface area (Å²) in [6.07, 6.45) is 0.724. The first-order chi connectivity index (χ1) is 10.7. The number of aryl methyl sites for hydroxylation is 1. The van der Waals surface area contributed by atoms with E-state index in [-0.39, 0.29) is 5.56 Å². The van der Waals surface area contributed by atoms with E-state index < -0.39 is 0 Å². The van der Waals surface area contributed by atoms with Gasteiger partial charge in [0.15, 0.2) is 6.29 Å². The topological polar surface area (TPSA) is 61.2 Å². The third-order valence-corrected chi connectivity index (χ3v) is 3.64. The van der Waals surface area contributed by atoms with Gasteiger partial charge in [-0.25, -0.2) is 0 Å². The molecule has 22 heavy (non-hydrogen) atoms. The zero-order valence-electron chi connectivity index (χ0n) is 12.2. The van der Waals surface area contributed by atoms with Gasteiger partial charge in [-0.2, -0.15) is 4.98 Å². The Morgan fingerprint density at radius 2 is 1.91 bits per heavy atom. The lowest BCUT2D eigenvalue weighted by atomic mass is 10.1. The average Bonchev–Trinajstić information content (AvgIpc) is 2.57. The summed E-state index contributed by atoms with van der Waals surface area (Å²) in [6, 6.07) is 12.5. The fraction of sp³-hybridized carbons (Fsp3) is 0.118. The summed E-state index contributed by atoms with van der Waals surface area (Å²) in [6.45, 7) is 0. The first-order valence-electron chi connectivity index (χ1n) is 6.75. The fourth-order valence-electron chi connectivity index (χ4n) is 2.58. The van der Waals surface area contributed by atoms with Gasteiger partial charge in [0, 0.05) is 7.05 Å². The van der Waals surface area contributed by atoms with Crippen LogP contribution in [0.25, 0.3) is 22.3 Å². The van der Waals surface area contributed by atoms with Crippen LogP contribution in [-0.4, -0.2) is 22.9 Å². The van der Waals surface area contributed by atoms with Gasteiger partial charge in [0.25, 0.3) is 5.56 Å². The van der Waals surface area contributed by atoms with Crippen LogP contribution in [0.15, 0.2) is 47.3 Å². The Balaban J connectivity index is 2.39. The van der Waals surface area contributed by atoms with Crippen molar-refractivity contribution in [3.63, 3.8) is 0 Å². The summed E-state index contributed by atoms with van der Waals surface area (Å²) in [5.74, 6) is 0.875. The minimum absolute atomic E-state index is 0.303. The number of para-hydroxylation sites is 2. The predicted octanol–water partition coefficient (Wildman–Crippen LogP) is 2.42. The maximum Gasteiger partial charge on any atom is 0.281 e. The molecule has 0 radical (unpaired) electrons.